The highest BCUT2D eigenvalue weighted by Gasteiger charge is 2.04. The van der Waals surface area contributed by atoms with Crippen molar-refractivity contribution < 1.29 is 4.74 Å². The maximum atomic E-state index is 6.16. The lowest BCUT2D eigenvalue weighted by molar-refractivity contribution is 0.393. The van der Waals surface area contributed by atoms with E-state index in [-0.39, 0.29) is 0 Å². The minimum absolute atomic E-state index is 0.625. The van der Waals surface area contributed by atoms with Crippen LogP contribution in [0.15, 0.2) is 36.5 Å². The molecule has 18 heavy (non-hydrogen) atoms. The predicted octanol–water partition coefficient (Wildman–Crippen LogP) is 3.66. The molecule has 0 amide bonds. The number of hydrogen-bond acceptors (Lipinski definition) is 3. The van der Waals surface area contributed by atoms with E-state index in [9.17, 15) is 0 Å². The van der Waals surface area contributed by atoms with Crippen molar-refractivity contribution in [2.75, 3.05) is 12.4 Å². The van der Waals surface area contributed by atoms with Crippen molar-refractivity contribution in [1.82, 2.24) is 4.98 Å². The molecule has 2 rings (SSSR count). The van der Waals surface area contributed by atoms with E-state index < -0.39 is 0 Å². The number of pyridine rings is 1. The number of nitrogens with zero attached hydrogens (tertiary/aromatic N) is 1. The zero-order chi connectivity index (χ0) is 13.0. The van der Waals surface area contributed by atoms with Crippen LogP contribution in [0.1, 0.15) is 11.1 Å². The largest absolute Gasteiger partial charge is 0.481 e. The van der Waals surface area contributed by atoms with Gasteiger partial charge in [-0.05, 0) is 30.7 Å². The van der Waals surface area contributed by atoms with Gasteiger partial charge in [0.25, 0.3) is 0 Å². The fourth-order valence-corrected chi connectivity index (χ4v) is 2.00. The molecule has 1 aromatic heterocycles. The Morgan fingerprint density at radius 2 is 2.17 bits per heavy atom. The molecule has 0 radical (unpaired) electrons. The molecule has 3 nitrogen and oxygen atoms in total. The fourth-order valence-electron chi connectivity index (χ4n) is 1.70. The van der Waals surface area contributed by atoms with Gasteiger partial charge in [0.15, 0.2) is 0 Å². The molecule has 0 fully saturated rings. The van der Waals surface area contributed by atoms with E-state index in [1.54, 1.807) is 13.3 Å². The average molecular weight is 263 g/mol. The van der Waals surface area contributed by atoms with Gasteiger partial charge in [-0.25, -0.2) is 4.98 Å². The number of benzene rings is 1. The lowest BCUT2D eigenvalue weighted by Crippen LogP contribution is -2.03. The summed E-state index contributed by atoms with van der Waals surface area (Å²) < 4.78 is 5.20. The summed E-state index contributed by atoms with van der Waals surface area (Å²) >= 11 is 6.16. The van der Waals surface area contributed by atoms with Gasteiger partial charge in [0.05, 0.1) is 17.8 Å². The summed E-state index contributed by atoms with van der Waals surface area (Å²) in [5, 5.41) is 4.00. The molecule has 1 N–H and O–H groups in total. The van der Waals surface area contributed by atoms with E-state index in [1.165, 1.54) is 0 Å². The van der Waals surface area contributed by atoms with Crippen LogP contribution >= 0.6 is 11.6 Å². The summed E-state index contributed by atoms with van der Waals surface area (Å²) in [6.45, 7) is 2.64. The molecule has 0 saturated carbocycles. The molecule has 2 aromatic rings. The molecule has 0 saturated heterocycles. The van der Waals surface area contributed by atoms with Crippen molar-refractivity contribution in [1.29, 1.82) is 0 Å². The number of hydrogen-bond donors (Lipinski definition) is 1. The van der Waals surface area contributed by atoms with Gasteiger partial charge in [-0.15, -0.1) is 0 Å². The molecular formula is C14H15ClN2O. The number of methoxy groups -OCH3 is 1. The Balaban J connectivity index is 2.11. The third kappa shape index (κ3) is 2.93. The Labute approximate surface area is 112 Å². The summed E-state index contributed by atoms with van der Waals surface area (Å²) in [6, 6.07) is 9.79. The molecule has 0 aliphatic carbocycles. The maximum Gasteiger partial charge on any atom is 0.218 e. The molecular weight excluding hydrogens is 248 g/mol. The standard InChI is InChI=1S/C14H15ClN2O/c1-10-5-6-13(12(15)8-10)17-9-11-4-3-7-16-14(11)18-2/h3-8,17H,9H2,1-2H3. The van der Waals surface area contributed by atoms with Crippen molar-refractivity contribution in [2.45, 2.75) is 13.5 Å². The highest BCUT2D eigenvalue weighted by molar-refractivity contribution is 6.33. The zero-order valence-corrected chi connectivity index (χ0v) is 11.2. The fraction of sp³-hybridized carbons (Fsp3) is 0.214. The van der Waals surface area contributed by atoms with Crippen LogP contribution in [0.5, 0.6) is 5.88 Å². The van der Waals surface area contributed by atoms with Crippen LogP contribution in [0.3, 0.4) is 0 Å². The first-order valence-electron chi connectivity index (χ1n) is 5.68. The van der Waals surface area contributed by atoms with E-state index in [2.05, 4.69) is 10.3 Å². The van der Waals surface area contributed by atoms with Gasteiger partial charge in [0, 0.05) is 18.3 Å². The maximum absolute atomic E-state index is 6.16. The Kier molecular flexibility index (Phi) is 4.05. The van der Waals surface area contributed by atoms with Gasteiger partial charge in [-0.2, -0.15) is 0 Å². The van der Waals surface area contributed by atoms with Gasteiger partial charge in [0.2, 0.25) is 5.88 Å². The topological polar surface area (TPSA) is 34.1 Å². The number of halogens is 1. The summed E-state index contributed by atoms with van der Waals surface area (Å²) in [5.41, 5.74) is 3.05. The lowest BCUT2D eigenvalue weighted by Gasteiger charge is -2.11. The average Bonchev–Trinajstić information content (AvgIpc) is 2.38. The molecule has 0 atom stereocenters. The van der Waals surface area contributed by atoms with E-state index in [0.29, 0.717) is 12.4 Å². The monoisotopic (exact) mass is 262 g/mol. The number of rotatable bonds is 4. The highest BCUT2D eigenvalue weighted by Crippen LogP contribution is 2.24. The van der Waals surface area contributed by atoms with Crippen LogP contribution in [0.25, 0.3) is 0 Å². The van der Waals surface area contributed by atoms with Gasteiger partial charge < -0.3 is 10.1 Å². The number of aryl methyl sites for hydroxylation is 1. The summed E-state index contributed by atoms with van der Waals surface area (Å²) in [5.74, 6) is 0.633. The minimum Gasteiger partial charge on any atom is -0.481 e. The van der Waals surface area contributed by atoms with Crippen molar-refractivity contribution in [3.63, 3.8) is 0 Å². The normalized spacial score (nSPS) is 10.2. The Bertz CT molecular complexity index is 543. The Morgan fingerprint density at radius 1 is 1.33 bits per heavy atom. The Morgan fingerprint density at radius 3 is 2.89 bits per heavy atom. The number of anilines is 1. The number of aromatic nitrogens is 1. The summed E-state index contributed by atoms with van der Waals surface area (Å²) in [7, 11) is 1.62. The van der Waals surface area contributed by atoms with Crippen molar-refractivity contribution in [2.24, 2.45) is 0 Å². The highest BCUT2D eigenvalue weighted by atomic mass is 35.5. The van der Waals surface area contributed by atoms with Crippen molar-refractivity contribution in [3.8, 4) is 5.88 Å². The first kappa shape index (κ1) is 12.7. The summed E-state index contributed by atoms with van der Waals surface area (Å²) in [4.78, 5) is 4.15. The minimum atomic E-state index is 0.625. The quantitative estimate of drug-likeness (QED) is 0.913. The van der Waals surface area contributed by atoms with Crippen LogP contribution in [0, 0.1) is 6.92 Å². The predicted molar refractivity (Wildman–Crippen MR) is 74.3 cm³/mol. The van der Waals surface area contributed by atoms with Crippen LogP contribution in [0.2, 0.25) is 5.02 Å². The zero-order valence-electron chi connectivity index (χ0n) is 10.4. The van der Waals surface area contributed by atoms with E-state index in [4.69, 9.17) is 16.3 Å². The molecule has 94 valence electrons. The van der Waals surface area contributed by atoms with Crippen LogP contribution in [-0.4, -0.2) is 12.1 Å². The van der Waals surface area contributed by atoms with Gasteiger partial charge in [0.1, 0.15) is 0 Å². The first-order valence-corrected chi connectivity index (χ1v) is 6.06. The third-order valence-corrected chi connectivity index (χ3v) is 2.95. The van der Waals surface area contributed by atoms with E-state index >= 15 is 0 Å². The molecule has 0 bridgehead atoms. The van der Waals surface area contributed by atoms with E-state index in [0.717, 1.165) is 21.8 Å². The molecule has 1 aromatic carbocycles. The second kappa shape index (κ2) is 5.74. The van der Waals surface area contributed by atoms with Crippen LogP contribution < -0.4 is 10.1 Å². The molecule has 0 aliphatic heterocycles. The molecule has 1 heterocycles. The molecule has 0 spiro atoms. The summed E-state index contributed by atoms with van der Waals surface area (Å²) in [6.07, 6.45) is 1.71. The molecule has 0 unspecified atom stereocenters. The number of ether oxygens (including phenoxy) is 1. The Hall–Kier alpha value is -1.74. The molecule has 4 heteroatoms. The number of nitrogens with one attached hydrogen (secondary N) is 1. The SMILES string of the molecule is COc1ncccc1CNc1ccc(C)cc1Cl. The molecule has 0 aliphatic rings. The van der Waals surface area contributed by atoms with Crippen LogP contribution in [0.4, 0.5) is 5.69 Å². The van der Waals surface area contributed by atoms with Gasteiger partial charge in [-0.1, -0.05) is 23.7 Å². The van der Waals surface area contributed by atoms with Gasteiger partial charge >= 0.3 is 0 Å². The second-order valence-corrected chi connectivity index (χ2v) is 4.42. The third-order valence-electron chi connectivity index (χ3n) is 2.64. The van der Waals surface area contributed by atoms with Gasteiger partial charge in [-0.3, -0.25) is 0 Å². The lowest BCUT2D eigenvalue weighted by atomic mass is 10.2. The first-order chi connectivity index (χ1) is 8.70. The van der Waals surface area contributed by atoms with E-state index in [1.807, 2.05) is 37.3 Å². The van der Waals surface area contributed by atoms with Crippen molar-refractivity contribution in [3.05, 3.63) is 52.7 Å². The second-order valence-electron chi connectivity index (χ2n) is 4.01. The van der Waals surface area contributed by atoms with Crippen LogP contribution in [-0.2, 0) is 6.54 Å². The van der Waals surface area contributed by atoms with Crippen molar-refractivity contribution >= 4 is 17.3 Å². The smallest absolute Gasteiger partial charge is 0.218 e.